The molecule has 1 aromatic heterocycles. The van der Waals surface area contributed by atoms with Crippen LogP contribution >= 0.6 is 0 Å². The number of halogens is 3. The maximum atomic E-state index is 12.4. The third-order valence-electron chi connectivity index (χ3n) is 4.87. The van der Waals surface area contributed by atoms with Crippen LogP contribution in [0.2, 0.25) is 0 Å². The van der Waals surface area contributed by atoms with Gasteiger partial charge in [0.15, 0.2) is 0 Å². The Morgan fingerprint density at radius 1 is 1.13 bits per heavy atom. The van der Waals surface area contributed by atoms with Gasteiger partial charge < -0.3 is 19.1 Å². The Morgan fingerprint density at radius 3 is 2.39 bits per heavy atom. The second-order valence-electron chi connectivity index (χ2n) is 7.25. The van der Waals surface area contributed by atoms with Crippen LogP contribution in [0, 0.1) is 6.92 Å². The molecule has 0 amide bonds. The fourth-order valence-electron chi connectivity index (χ4n) is 3.27. The first-order valence-electron chi connectivity index (χ1n) is 9.28. The molecule has 0 bridgehead atoms. The maximum absolute atomic E-state index is 12.4. The molecule has 1 N–H and O–H groups in total. The third-order valence-corrected chi connectivity index (χ3v) is 4.87. The number of benzene rings is 2. The van der Waals surface area contributed by atoms with Crippen LogP contribution in [0.15, 0.2) is 59.3 Å². The number of aryl methyl sites for hydroxylation is 1. The van der Waals surface area contributed by atoms with Crippen molar-refractivity contribution in [1.82, 2.24) is 5.16 Å². The first-order valence-corrected chi connectivity index (χ1v) is 9.28. The smallest absolute Gasteiger partial charge is 0.489 e. The number of carbonyl (C=O) groups is 1. The van der Waals surface area contributed by atoms with Crippen molar-refractivity contribution in [2.24, 2.45) is 0 Å². The number of nitrogens with zero attached hydrogens (tertiary/aromatic N) is 1. The molecule has 0 radical (unpaired) electrons. The van der Waals surface area contributed by atoms with Crippen molar-refractivity contribution in [2.45, 2.75) is 38.7 Å². The lowest BCUT2D eigenvalue weighted by Crippen LogP contribution is -2.27. The van der Waals surface area contributed by atoms with Crippen LogP contribution in [0.25, 0.3) is 0 Å². The molecule has 0 aliphatic carbocycles. The molecule has 0 aliphatic rings. The summed E-state index contributed by atoms with van der Waals surface area (Å²) in [6.45, 7) is 3.43. The molecule has 0 aliphatic heterocycles. The fourth-order valence-corrected chi connectivity index (χ4v) is 3.27. The Kier molecular flexibility index (Phi) is 6.24. The highest BCUT2D eigenvalue weighted by molar-refractivity contribution is 5.70. The third kappa shape index (κ3) is 5.56. The molecule has 0 spiro atoms. The van der Waals surface area contributed by atoms with Crippen LogP contribution in [0.4, 0.5) is 13.2 Å². The van der Waals surface area contributed by atoms with Gasteiger partial charge in [-0.25, -0.2) is 0 Å². The van der Waals surface area contributed by atoms with E-state index in [9.17, 15) is 23.1 Å². The zero-order valence-electron chi connectivity index (χ0n) is 16.8. The highest BCUT2D eigenvalue weighted by Gasteiger charge is 2.34. The molecule has 164 valence electrons. The van der Waals surface area contributed by atoms with E-state index in [-0.39, 0.29) is 18.8 Å². The van der Waals surface area contributed by atoms with Gasteiger partial charge in [-0.2, -0.15) is 0 Å². The summed E-state index contributed by atoms with van der Waals surface area (Å²) in [5, 5.41) is 13.2. The van der Waals surface area contributed by atoms with Gasteiger partial charge in [-0.05, 0) is 54.8 Å². The molecule has 2 aromatic carbocycles. The van der Waals surface area contributed by atoms with Gasteiger partial charge in [0.05, 0.1) is 12.1 Å². The average Bonchev–Trinajstić information content (AvgIpc) is 3.23. The largest absolute Gasteiger partial charge is 0.573 e. The van der Waals surface area contributed by atoms with Gasteiger partial charge >= 0.3 is 12.3 Å². The van der Waals surface area contributed by atoms with E-state index in [1.165, 1.54) is 25.3 Å². The van der Waals surface area contributed by atoms with Crippen LogP contribution in [-0.4, -0.2) is 22.6 Å². The zero-order valence-corrected chi connectivity index (χ0v) is 16.8. The molecule has 1 heterocycles. The summed E-state index contributed by atoms with van der Waals surface area (Å²) in [5.41, 5.74) is 1.35. The van der Waals surface area contributed by atoms with Crippen molar-refractivity contribution in [1.29, 1.82) is 0 Å². The Balaban J connectivity index is 1.71. The van der Waals surface area contributed by atoms with Crippen LogP contribution in [-0.2, 0) is 16.8 Å². The van der Waals surface area contributed by atoms with Gasteiger partial charge in [0.1, 0.15) is 24.4 Å². The molecule has 0 fully saturated rings. The van der Waals surface area contributed by atoms with E-state index in [0.29, 0.717) is 22.6 Å². The number of alkyl halides is 3. The number of hydrogen-bond donors (Lipinski definition) is 1. The summed E-state index contributed by atoms with van der Waals surface area (Å²) in [7, 11) is 0. The molecule has 3 rings (SSSR count). The monoisotopic (exact) mass is 435 g/mol. The van der Waals surface area contributed by atoms with Gasteiger partial charge in [0.25, 0.3) is 0 Å². The first kappa shape index (κ1) is 22.2. The molecule has 6 nitrogen and oxygen atoms in total. The summed E-state index contributed by atoms with van der Waals surface area (Å²) >= 11 is 0. The van der Waals surface area contributed by atoms with E-state index in [4.69, 9.17) is 9.26 Å². The van der Waals surface area contributed by atoms with Crippen molar-refractivity contribution >= 4 is 5.97 Å². The molecule has 3 aromatic rings. The minimum atomic E-state index is -4.74. The predicted molar refractivity (Wildman–Crippen MR) is 104 cm³/mol. The first-order chi connectivity index (χ1) is 14.6. The summed E-state index contributed by atoms with van der Waals surface area (Å²) in [6, 6.07) is 12.8. The summed E-state index contributed by atoms with van der Waals surface area (Å²) in [4.78, 5) is 11.4. The molecular formula is C22H20F3NO5. The van der Waals surface area contributed by atoms with Gasteiger partial charge in [0.2, 0.25) is 0 Å². The number of aromatic nitrogens is 1. The molecule has 1 atom stereocenters. The molecule has 9 heteroatoms. The van der Waals surface area contributed by atoms with E-state index in [1.807, 2.05) is 0 Å². The van der Waals surface area contributed by atoms with Crippen molar-refractivity contribution in [3.8, 4) is 11.5 Å². The van der Waals surface area contributed by atoms with Gasteiger partial charge in [-0.3, -0.25) is 4.79 Å². The number of rotatable bonds is 8. The highest BCUT2D eigenvalue weighted by Crippen LogP contribution is 2.35. The second-order valence-corrected chi connectivity index (χ2v) is 7.25. The topological polar surface area (TPSA) is 81.8 Å². The zero-order chi connectivity index (χ0) is 22.6. The quantitative estimate of drug-likeness (QED) is 0.521. The second kappa shape index (κ2) is 8.71. The Morgan fingerprint density at radius 2 is 1.84 bits per heavy atom. The van der Waals surface area contributed by atoms with Crippen molar-refractivity contribution in [3.05, 3.63) is 77.2 Å². The van der Waals surface area contributed by atoms with Gasteiger partial charge in [0, 0.05) is 11.5 Å². The van der Waals surface area contributed by atoms with E-state index in [2.05, 4.69) is 9.89 Å². The lowest BCUT2D eigenvalue weighted by molar-refractivity contribution is -0.274. The van der Waals surface area contributed by atoms with Gasteiger partial charge in [-0.1, -0.05) is 23.4 Å². The lowest BCUT2D eigenvalue weighted by atomic mass is 9.77. The summed E-state index contributed by atoms with van der Waals surface area (Å²) in [5.74, 6) is -0.708. The standard InChI is InChI=1S/C22H20F3NO5/c1-14-11-15(3-8-18(14)31-22(23,24)25)13-29-17-6-4-16(5-7-17)21(2,12-20(27)28)19-9-10-30-26-19/h3-11H,12-13H2,1-2H3,(H,27,28)/t21-/m0/s1. The van der Waals surface area contributed by atoms with Crippen molar-refractivity contribution in [3.63, 3.8) is 0 Å². The normalized spacial score (nSPS) is 13.5. The van der Waals surface area contributed by atoms with Crippen molar-refractivity contribution < 1.29 is 37.1 Å². The molecule has 31 heavy (non-hydrogen) atoms. The summed E-state index contributed by atoms with van der Waals surface area (Å²) < 4.78 is 51.7. The van der Waals surface area contributed by atoms with E-state index in [1.54, 1.807) is 43.3 Å². The van der Waals surface area contributed by atoms with Crippen LogP contribution in [0.3, 0.4) is 0 Å². The predicted octanol–water partition coefficient (Wildman–Crippen LogP) is 5.24. The van der Waals surface area contributed by atoms with Crippen LogP contribution in [0.5, 0.6) is 11.5 Å². The van der Waals surface area contributed by atoms with E-state index < -0.39 is 17.7 Å². The van der Waals surface area contributed by atoms with Crippen LogP contribution in [0.1, 0.15) is 35.7 Å². The van der Waals surface area contributed by atoms with E-state index >= 15 is 0 Å². The number of carboxylic acids is 1. The Hall–Kier alpha value is -3.49. The minimum Gasteiger partial charge on any atom is -0.489 e. The highest BCUT2D eigenvalue weighted by atomic mass is 19.4. The Labute approximate surface area is 176 Å². The fraction of sp³-hybridized carbons (Fsp3) is 0.273. The molecule has 0 saturated carbocycles. The Bertz CT molecular complexity index is 1030. The lowest BCUT2D eigenvalue weighted by Gasteiger charge is -2.26. The van der Waals surface area contributed by atoms with Gasteiger partial charge in [-0.15, -0.1) is 13.2 Å². The number of aliphatic carboxylic acids is 1. The number of ether oxygens (including phenoxy) is 2. The SMILES string of the molecule is Cc1cc(COc2ccc([C@](C)(CC(=O)O)c3ccon3)cc2)ccc1OC(F)(F)F. The number of hydrogen-bond acceptors (Lipinski definition) is 5. The minimum absolute atomic E-state index is 0.141. The molecular weight excluding hydrogens is 415 g/mol. The number of carboxylic acid groups (broad SMARTS) is 1. The maximum Gasteiger partial charge on any atom is 0.573 e. The molecule has 0 saturated heterocycles. The molecule has 0 unspecified atom stereocenters. The average molecular weight is 435 g/mol. The van der Waals surface area contributed by atoms with E-state index in [0.717, 1.165) is 5.56 Å². The summed E-state index contributed by atoms with van der Waals surface area (Å²) in [6.07, 6.45) is -3.53. The van der Waals surface area contributed by atoms with Crippen molar-refractivity contribution in [2.75, 3.05) is 0 Å². The van der Waals surface area contributed by atoms with Crippen LogP contribution < -0.4 is 9.47 Å².